The number of amides is 1. The van der Waals surface area contributed by atoms with Crippen molar-refractivity contribution in [3.05, 3.63) is 58.1 Å². The summed E-state index contributed by atoms with van der Waals surface area (Å²) in [4.78, 5) is 22.5. The number of nitrogen functional groups attached to an aromatic ring is 1. The molecule has 2 aromatic carbocycles. The summed E-state index contributed by atoms with van der Waals surface area (Å²) in [6.07, 6.45) is 0.664. The fourth-order valence-corrected chi connectivity index (χ4v) is 2.14. The van der Waals surface area contributed by atoms with Gasteiger partial charge in [0.15, 0.2) is 0 Å². The van der Waals surface area contributed by atoms with Crippen LogP contribution in [0.4, 0.5) is 17.1 Å². The SMILES string of the molecule is Cc1ccc(NC(=O)CCCOc2ccccc2N)c([N+](=O)[O-])c1. The van der Waals surface area contributed by atoms with E-state index in [1.165, 1.54) is 12.1 Å². The van der Waals surface area contributed by atoms with Crippen LogP contribution in [-0.2, 0) is 4.79 Å². The van der Waals surface area contributed by atoms with Crippen LogP contribution >= 0.6 is 0 Å². The van der Waals surface area contributed by atoms with Crippen molar-refractivity contribution in [2.45, 2.75) is 19.8 Å². The van der Waals surface area contributed by atoms with Gasteiger partial charge in [-0.25, -0.2) is 0 Å². The van der Waals surface area contributed by atoms with Gasteiger partial charge in [0.1, 0.15) is 11.4 Å². The predicted octanol–water partition coefficient (Wildman–Crippen LogP) is 3.28. The molecule has 0 aromatic heterocycles. The maximum absolute atomic E-state index is 11.9. The quantitative estimate of drug-likeness (QED) is 0.351. The molecule has 0 atom stereocenters. The van der Waals surface area contributed by atoms with Crippen molar-refractivity contribution in [3.63, 3.8) is 0 Å². The smallest absolute Gasteiger partial charge is 0.293 e. The average Bonchev–Trinajstić information content (AvgIpc) is 2.54. The second-order valence-electron chi connectivity index (χ2n) is 5.32. The summed E-state index contributed by atoms with van der Waals surface area (Å²) in [5.74, 6) is 0.277. The van der Waals surface area contributed by atoms with E-state index in [0.29, 0.717) is 24.5 Å². The van der Waals surface area contributed by atoms with Crippen molar-refractivity contribution in [1.82, 2.24) is 0 Å². The Kier molecular flexibility index (Phi) is 5.73. The monoisotopic (exact) mass is 329 g/mol. The zero-order chi connectivity index (χ0) is 17.5. The number of anilines is 2. The summed E-state index contributed by atoms with van der Waals surface area (Å²) in [5.41, 5.74) is 7.13. The highest BCUT2D eigenvalue weighted by Gasteiger charge is 2.15. The minimum atomic E-state index is -0.510. The van der Waals surface area contributed by atoms with Gasteiger partial charge in [-0.1, -0.05) is 18.2 Å². The molecule has 3 N–H and O–H groups in total. The first-order valence-corrected chi connectivity index (χ1v) is 7.49. The summed E-state index contributed by atoms with van der Waals surface area (Å²) < 4.78 is 5.50. The van der Waals surface area contributed by atoms with E-state index in [9.17, 15) is 14.9 Å². The number of rotatable bonds is 7. The van der Waals surface area contributed by atoms with Crippen molar-refractivity contribution in [1.29, 1.82) is 0 Å². The number of nitrogens with two attached hydrogens (primary N) is 1. The third-order valence-corrected chi connectivity index (χ3v) is 3.35. The van der Waals surface area contributed by atoms with Crippen LogP contribution in [0.2, 0.25) is 0 Å². The Morgan fingerprint density at radius 3 is 2.75 bits per heavy atom. The van der Waals surface area contributed by atoms with Gasteiger partial charge in [0.2, 0.25) is 5.91 Å². The normalized spacial score (nSPS) is 10.2. The maximum Gasteiger partial charge on any atom is 0.293 e. The van der Waals surface area contributed by atoms with E-state index in [4.69, 9.17) is 10.5 Å². The topological polar surface area (TPSA) is 107 Å². The third-order valence-electron chi connectivity index (χ3n) is 3.35. The van der Waals surface area contributed by atoms with Crippen LogP contribution < -0.4 is 15.8 Å². The molecule has 0 bridgehead atoms. The summed E-state index contributed by atoms with van der Waals surface area (Å²) in [5, 5.41) is 13.6. The standard InChI is InChI=1S/C17H19N3O4/c1-12-8-9-14(15(11-12)20(22)23)19-17(21)7-4-10-24-16-6-3-2-5-13(16)18/h2-3,5-6,8-9,11H,4,7,10,18H2,1H3,(H,19,21). The van der Waals surface area contributed by atoms with Crippen molar-refractivity contribution < 1.29 is 14.5 Å². The van der Waals surface area contributed by atoms with E-state index in [0.717, 1.165) is 5.56 Å². The number of benzene rings is 2. The highest BCUT2D eigenvalue weighted by molar-refractivity contribution is 5.93. The molecule has 0 aliphatic carbocycles. The summed E-state index contributed by atoms with van der Waals surface area (Å²) >= 11 is 0. The Morgan fingerprint density at radius 2 is 2.04 bits per heavy atom. The van der Waals surface area contributed by atoms with Crippen LogP contribution in [-0.4, -0.2) is 17.4 Å². The minimum Gasteiger partial charge on any atom is -0.491 e. The first-order chi connectivity index (χ1) is 11.5. The minimum absolute atomic E-state index is 0.114. The molecule has 0 fully saturated rings. The number of hydrogen-bond acceptors (Lipinski definition) is 5. The predicted molar refractivity (Wildman–Crippen MR) is 92.0 cm³/mol. The maximum atomic E-state index is 11.9. The summed E-state index contributed by atoms with van der Waals surface area (Å²) in [7, 11) is 0. The zero-order valence-electron chi connectivity index (χ0n) is 13.3. The van der Waals surface area contributed by atoms with Gasteiger partial charge >= 0.3 is 0 Å². The molecule has 126 valence electrons. The van der Waals surface area contributed by atoms with E-state index < -0.39 is 4.92 Å². The van der Waals surface area contributed by atoms with Crippen molar-refractivity contribution in [2.24, 2.45) is 0 Å². The molecule has 24 heavy (non-hydrogen) atoms. The Bertz CT molecular complexity index is 746. The molecule has 0 heterocycles. The molecule has 7 heteroatoms. The Labute approximate surface area is 139 Å². The van der Waals surface area contributed by atoms with Gasteiger partial charge < -0.3 is 15.8 Å². The zero-order valence-corrected chi connectivity index (χ0v) is 13.3. The fraction of sp³-hybridized carbons (Fsp3) is 0.235. The molecule has 2 rings (SSSR count). The lowest BCUT2D eigenvalue weighted by Crippen LogP contribution is -2.14. The Balaban J connectivity index is 1.84. The second-order valence-corrected chi connectivity index (χ2v) is 5.32. The van der Waals surface area contributed by atoms with Crippen LogP contribution in [0.3, 0.4) is 0 Å². The number of nitro benzene ring substituents is 1. The largest absolute Gasteiger partial charge is 0.491 e. The van der Waals surface area contributed by atoms with Crippen molar-refractivity contribution in [2.75, 3.05) is 17.7 Å². The number of hydrogen-bond donors (Lipinski definition) is 2. The summed E-state index contributed by atoms with van der Waals surface area (Å²) in [6, 6.07) is 11.8. The fourth-order valence-electron chi connectivity index (χ4n) is 2.14. The molecule has 2 aromatic rings. The second kappa shape index (κ2) is 7.96. The van der Waals surface area contributed by atoms with E-state index in [-0.39, 0.29) is 23.7 Å². The van der Waals surface area contributed by atoms with Crippen LogP contribution in [0.25, 0.3) is 0 Å². The number of nitrogens with one attached hydrogen (secondary N) is 1. The number of nitro groups is 1. The molecular formula is C17H19N3O4. The van der Waals surface area contributed by atoms with E-state index >= 15 is 0 Å². The molecule has 0 unspecified atom stereocenters. The van der Waals surface area contributed by atoms with E-state index in [1.54, 1.807) is 25.1 Å². The molecule has 0 radical (unpaired) electrons. The average molecular weight is 329 g/mol. The van der Waals surface area contributed by atoms with Crippen LogP contribution in [0.15, 0.2) is 42.5 Å². The van der Waals surface area contributed by atoms with Crippen molar-refractivity contribution in [3.8, 4) is 5.75 Å². The van der Waals surface area contributed by atoms with Crippen LogP contribution in [0.5, 0.6) is 5.75 Å². The Morgan fingerprint density at radius 1 is 1.29 bits per heavy atom. The lowest BCUT2D eigenvalue weighted by Gasteiger charge is -2.09. The van der Waals surface area contributed by atoms with Gasteiger partial charge in [-0.05, 0) is 37.1 Å². The van der Waals surface area contributed by atoms with Gasteiger partial charge in [-0.15, -0.1) is 0 Å². The van der Waals surface area contributed by atoms with Gasteiger partial charge in [0.05, 0.1) is 17.2 Å². The number of carbonyl (C=O) groups is 1. The van der Waals surface area contributed by atoms with E-state index in [1.807, 2.05) is 12.1 Å². The van der Waals surface area contributed by atoms with E-state index in [2.05, 4.69) is 5.32 Å². The number of ether oxygens (including phenoxy) is 1. The number of nitrogens with zero attached hydrogens (tertiary/aromatic N) is 1. The van der Waals surface area contributed by atoms with Gasteiger partial charge in [-0.2, -0.15) is 0 Å². The lowest BCUT2D eigenvalue weighted by molar-refractivity contribution is -0.384. The molecule has 1 amide bonds. The van der Waals surface area contributed by atoms with Crippen LogP contribution in [0, 0.1) is 17.0 Å². The van der Waals surface area contributed by atoms with Gasteiger partial charge in [0, 0.05) is 12.5 Å². The first-order valence-electron chi connectivity index (χ1n) is 7.49. The van der Waals surface area contributed by atoms with Gasteiger partial charge in [0.25, 0.3) is 5.69 Å². The third kappa shape index (κ3) is 4.70. The molecule has 0 aliphatic rings. The molecule has 0 spiro atoms. The summed E-state index contributed by atoms with van der Waals surface area (Å²) in [6.45, 7) is 2.09. The van der Waals surface area contributed by atoms with Gasteiger partial charge in [-0.3, -0.25) is 14.9 Å². The molecule has 0 saturated heterocycles. The number of para-hydroxylation sites is 2. The highest BCUT2D eigenvalue weighted by atomic mass is 16.6. The number of aryl methyl sites for hydroxylation is 1. The number of carbonyl (C=O) groups excluding carboxylic acids is 1. The Hall–Kier alpha value is -3.09. The molecule has 0 aliphatic heterocycles. The van der Waals surface area contributed by atoms with Crippen molar-refractivity contribution >= 4 is 23.0 Å². The van der Waals surface area contributed by atoms with Crippen LogP contribution in [0.1, 0.15) is 18.4 Å². The molecular weight excluding hydrogens is 310 g/mol. The first kappa shape index (κ1) is 17.3. The lowest BCUT2D eigenvalue weighted by atomic mass is 10.2. The molecule has 7 nitrogen and oxygen atoms in total. The molecule has 0 saturated carbocycles. The highest BCUT2D eigenvalue weighted by Crippen LogP contribution is 2.25.